The van der Waals surface area contributed by atoms with Gasteiger partial charge in [-0.2, -0.15) is 15.5 Å². The van der Waals surface area contributed by atoms with Gasteiger partial charge in [0.25, 0.3) is 0 Å². The average Bonchev–Trinajstić information content (AvgIpc) is 3.40. The van der Waals surface area contributed by atoms with Gasteiger partial charge < -0.3 is 33.3 Å². The quantitative estimate of drug-likeness (QED) is 0.0378. The van der Waals surface area contributed by atoms with Crippen molar-refractivity contribution in [2.24, 2.45) is 16.1 Å². The van der Waals surface area contributed by atoms with Gasteiger partial charge in [-0.05, 0) is 63.4 Å². The van der Waals surface area contributed by atoms with Crippen LogP contribution in [0, 0.1) is 37.7 Å². The number of benzene rings is 1. The van der Waals surface area contributed by atoms with E-state index in [-0.39, 0.29) is 25.7 Å². The lowest BCUT2D eigenvalue weighted by Gasteiger charge is -2.29. The van der Waals surface area contributed by atoms with Crippen molar-refractivity contribution in [3.63, 3.8) is 0 Å². The van der Waals surface area contributed by atoms with Gasteiger partial charge in [0.15, 0.2) is 0 Å². The first-order valence-electron chi connectivity index (χ1n) is 16.0. The predicted octanol–water partition coefficient (Wildman–Crippen LogP) is 6.78. The molecule has 1 aromatic heterocycles. The van der Waals surface area contributed by atoms with Gasteiger partial charge in [-0.1, -0.05) is 6.08 Å². The summed E-state index contributed by atoms with van der Waals surface area (Å²) in [4.78, 5) is 29.8. The number of methoxy groups -OCH3 is 1. The van der Waals surface area contributed by atoms with E-state index in [0.29, 0.717) is 86.0 Å². The summed E-state index contributed by atoms with van der Waals surface area (Å²) in [6.45, 7) is 23.0. The van der Waals surface area contributed by atoms with Crippen molar-refractivity contribution in [1.29, 1.82) is 5.26 Å². The first-order chi connectivity index (χ1) is 23.7. The Balaban J connectivity index is 1.58. The highest BCUT2D eigenvalue weighted by Crippen LogP contribution is 2.42. The summed E-state index contributed by atoms with van der Waals surface area (Å²) < 4.78 is 32.1. The van der Waals surface area contributed by atoms with E-state index < -0.39 is 17.9 Å². The molecular formula is C35H47N5O8S. The summed E-state index contributed by atoms with van der Waals surface area (Å²) in [6, 6.07) is 8.32. The number of esters is 2. The van der Waals surface area contributed by atoms with E-state index in [1.165, 1.54) is 18.4 Å². The SMILES string of the molecule is [C-]#[N+]c1c(N=Nc2ccc(N(CCOCCOCCOCCOCCOC(=O)CC(CC=C)C(=O)OC)C(C)C)cc2C)sc(C#N)c1C. The van der Waals surface area contributed by atoms with Crippen LogP contribution in [0.3, 0.4) is 0 Å². The van der Waals surface area contributed by atoms with Crippen LogP contribution in [0.25, 0.3) is 4.85 Å². The van der Waals surface area contributed by atoms with Gasteiger partial charge in [0, 0.05) is 18.3 Å². The number of hydrogen-bond donors (Lipinski definition) is 0. The number of aryl methyl sites for hydroxylation is 1. The minimum absolute atomic E-state index is 0.0650. The van der Waals surface area contributed by atoms with Gasteiger partial charge in [0.05, 0.1) is 89.4 Å². The summed E-state index contributed by atoms with van der Waals surface area (Å²) in [5.41, 5.74) is 3.70. The molecule has 13 nitrogen and oxygen atoms in total. The lowest BCUT2D eigenvalue weighted by Crippen LogP contribution is -2.34. The summed E-state index contributed by atoms with van der Waals surface area (Å²) in [5.74, 6) is -1.55. The summed E-state index contributed by atoms with van der Waals surface area (Å²) in [7, 11) is 1.28. The fourth-order valence-electron chi connectivity index (χ4n) is 4.54. The first-order valence-corrected chi connectivity index (χ1v) is 16.8. The van der Waals surface area contributed by atoms with Gasteiger partial charge in [0.1, 0.15) is 17.7 Å². The van der Waals surface area contributed by atoms with E-state index in [1.54, 1.807) is 13.0 Å². The molecule has 0 saturated heterocycles. The van der Waals surface area contributed by atoms with Crippen molar-refractivity contribution in [1.82, 2.24) is 0 Å². The summed E-state index contributed by atoms with van der Waals surface area (Å²) >= 11 is 1.18. The van der Waals surface area contributed by atoms with Gasteiger partial charge in [0.2, 0.25) is 5.69 Å². The molecule has 0 saturated carbocycles. The fraction of sp³-hybridized carbons (Fsp3) is 0.543. The van der Waals surface area contributed by atoms with Crippen molar-refractivity contribution in [3.8, 4) is 6.07 Å². The maximum atomic E-state index is 11.9. The molecule has 0 amide bonds. The average molecular weight is 698 g/mol. The Morgan fingerprint density at radius 2 is 1.63 bits per heavy atom. The minimum atomic E-state index is -0.593. The zero-order valence-corrected chi connectivity index (χ0v) is 29.9. The number of hydrogen-bond acceptors (Lipinski definition) is 13. The number of rotatable bonds is 24. The Labute approximate surface area is 293 Å². The van der Waals surface area contributed by atoms with Crippen LogP contribution in [0.5, 0.6) is 0 Å². The second kappa shape index (κ2) is 23.2. The number of ether oxygens (including phenoxy) is 6. The van der Waals surface area contributed by atoms with Crippen molar-refractivity contribution in [2.45, 2.75) is 46.6 Å². The van der Waals surface area contributed by atoms with Gasteiger partial charge in [-0.25, -0.2) is 4.85 Å². The number of anilines is 1. The predicted molar refractivity (Wildman–Crippen MR) is 187 cm³/mol. The number of nitrogens with zero attached hydrogens (tertiary/aromatic N) is 5. The molecule has 0 aliphatic carbocycles. The normalized spacial score (nSPS) is 11.7. The second-order valence-electron chi connectivity index (χ2n) is 11.0. The zero-order valence-electron chi connectivity index (χ0n) is 29.1. The Morgan fingerprint density at radius 3 is 2.16 bits per heavy atom. The van der Waals surface area contributed by atoms with Gasteiger partial charge in [-0.15, -0.1) is 17.9 Å². The fourth-order valence-corrected chi connectivity index (χ4v) is 5.41. The maximum Gasteiger partial charge on any atom is 0.309 e. The number of azo groups is 1. The molecule has 1 heterocycles. The molecular weight excluding hydrogens is 650 g/mol. The second-order valence-corrected chi connectivity index (χ2v) is 12.0. The van der Waals surface area contributed by atoms with Crippen LogP contribution in [0.15, 0.2) is 41.1 Å². The van der Waals surface area contributed by atoms with Crippen LogP contribution in [0.2, 0.25) is 0 Å². The van der Waals surface area contributed by atoms with Crippen LogP contribution in [-0.2, 0) is 38.0 Å². The molecule has 0 aliphatic heterocycles. The number of nitriles is 1. The van der Waals surface area contributed by atoms with E-state index in [0.717, 1.165) is 11.3 Å². The number of carbonyl (C=O) groups is 2. The smallest absolute Gasteiger partial charge is 0.309 e. The lowest BCUT2D eigenvalue weighted by molar-refractivity contribution is -0.154. The highest BCUT2D eigenvalue weighted by molar-refractivity contribution is 7.17. The molecule has 0 bridgehead atoms. The molecule has 0 aliphatic rings. The maximum absolute atomic E-state index is 11.9. The molecule has 2 rings (SSSR count). The van der Waals surface area contributed by atoms with E-state index in [4.69, 9.17) is 30.3 Å². The van der Waals surface area contributed by atoms with Crippen LogP contribution in [-0.4, -0.2) is 91.1 Å². The molecule has 1 aromatic carbocycles. The van der Waals surface area contributed by atoms with Crippen LogP contribution < -0.4 is 4.90 Å². The molecule has 2 aromatic rings. The highest BCUT2D eigenvalue weighted by atomic mass is 32.1. The molecule has 1 unspecified atom stereocenters. The van der Waals surface area contributed by atoms with E-state index >= 15 is 0 Å². The topological polar surface area (TPSA) is 146 Å². The number of allylic oxidation sites excluding steroid dienone is 1. The van der Waals surface area contributed by atoms with E-state index in [1.807, 2.05) is 19.1 Å². The first kappa shape index (κ1) is 41.0. The summed E-state index contributed by atoms with van der Waals surface area (Å²) in [6.07, 6.45) is 1.84. The Morgan fingerprint density at radius 1 is 1.02 bits per heavy atom. The molecule has 14 heteroatoms. The van der Waals surface area contributed by atoms with E-state index in [9.17, 15) is 14.9 Å². The molecule has 0 fully saturated rings. The minimum Gasteiger partial charge on any atom is -0.469 e. The van der Waals surface area contributed by atoms with Gasteiger partial charge >= 0.3 is 11.9 Å². The third kappa shape index (κ3) is 14.5. The largest absolute Gasteiger partial charge is 0.469 e. The third-order valence-corrected chi connectivity index (χ3v) is 8.25. The number of thiophene rings is 1. The highest BCUT2D eigenvalue weighted by Gasteiger charge is 2.22. The van der Waals surface area contributed by atoms with Crippen molar-refractivity contribution < 1.29 is 38.0 Å². The molecule has 49 heavy (non-hydrogen) atoms. The molecule has 0 N–H and O–H groups in total. The van der Waals surface area contributed by atoms with Crippen molar-refractivity contribution >= 4 is 45.3 Å². The monoisotopic (exact) mass is 697 g/mol. The third-order valence-electron chi connectivity index (χ3n) is 7.18. The Bertz CT molecular complexity index is 1460. The Kier molecular flexibility index (Phi) is 19.4. The van der Waals surface area contributed by atoms with Crippen LogP contribution in [0.1, 0.15) is 42.7 Å². The van der Waals surface area contributed by atoms with Crippen molar-refractivity contribution in [3.05, 3.63) is 58.3 Å². The molecule has 1 atom stereocenters. The lowest BCUT2D eigenvalue weighted by atomic mass is 10.0. The number of carbonyl (C=O) groups excluding carboxylic acids is 2. The Hall–Kier alpha value is -4.18. The zero-order chi connectivity index (χ0) is 36.0. The van der Waals surface area contributed by atoms with Crippen LogP contribution in [0.4, 0.5) is 22.1 Å². The molecule has 266 valence electrons. The van der Waals surface area contributed by atoms with Crippen LogP contribution >= 0.6 is 11.3 Å². The standard InChI is InChI=1S/C35H47N5O8S/c1-8-9-28(35(42)43-7)23-32(41)48-21-20-47-19-18-46-17-16-45-15-14-44-13-12-40(25(2)3)29-10-11-30(26(4)22-29)38-39-34-33(37-6)27(5)31(24-36)49-34/h8,10-11,22,25,28H,1,9,12-21,23H2,2-5,7H3. The van der Waals surface area contributed by atoms with Gasteiger partial charge in [-0.3, -0.25) is 9.59 Å². The molecule has 0 spiro atoms. The molecule has 0 radical (unpaired) electrons. The van der Waals surface area contributed by atoms with E-state index in [2.05, 4.69) is 57.3 Å². The van der Waals surface area contributed by atoms with Crippen molar-refractivity contribution in [2.75, 3.05) is 78.0 Å². The summed E-state index contributed by atoms with van der Waals surface area (Å²) in [5, 5.41) is 18.4.